The van der Waals surface area contributed by atoms with Gasteiger partial charge in [0.2, 0.25) is 0 Å². The molecule has 0 atom stereocenters. The van der Waals surface area contributed by atoms with Crippen molar-refractivity contribution >= 4 is 31.5 Å². The number of halogens is 1. The van der Waals surface area contributed by atoms with Gasteiger partial charge in [-0.1, -0.05) is 0 Å². The second-order valence-electron chi connectivity index (χ2n) is 5.22. The maximum atomic E-state index is 11.5. The van der Waals surface area contributed by atoms with Crippen molar-refractivity contribution in [2.75, 3.05) is 20.4 Å². The van der Waals surface area contributed by atoms with Crippen molar-refractivity contribution in [3.63, 3.8) is 0 Å². The Balaban J connectivity index is 2.35. The summed E-state index contributed by atoms with van der Waals surface area (Å²) in [6.07, 6.45) is 2.01. The first-order valence-corrected chi connectivity index (χ1v) is 10.4. The molecule has 4 nitrogen and oxygen atoms in total. The lowest BCUT2D eigenvalue weighted by molar-refractivity contribution is 0.388. The van der Waals surface area contributed by atoms with Crippen molar-refractivity contribution in [2.45, 2.75) is 16.3 Å². The van der Waals surface area contributed by atoms with Crippen molar-refractivity contribution in [1.29, 1.82) is 0 Å². The van der Waals surface area contributed by atoms with Gasteiger partial charge in [-0.15, -0.1) is 11.8 Å². The highest BCUT2D eigenvalue weighted by Gasteiger charge is 2.15. The molecule has 2 rings (SSSR count). The summed E-state index contributed by atoms with van der Waals surface area (Å²) in [6.45, 7) is 0.540. The van der Waals surface area contributed by atoms with Crippen LogP contribution in [-0.4, -0.2) is 33.7 Å². The molecule has 0 amide bonds. The fourth-order valence-corrected chi connectivity index (χ4v) is 3.25. The lowest BCUT2D eigenvalue weighted by Gasteiger charge is -2.16. The third-order valence-corrected chi connectivity index (χ3v) is 5.18. The number of nitrogens with zero attached hydrogens (tertiary/aromatic N) is 1. The maximum Gasteiger partial charge on any atom is 0.261 e. The molecule has 0 N–H and O–H groups in total. The number of rotatable bonds is 6. The molecule has 0 heterocycles. The average molecular weight is 372 g/mol. The summed E-state index contributed by atoms with van der Waals surface area (Å²) in [7, 11) is 5.47. The molecule has 0 saturated heterocycles. The Kier molecular flexibility index (Phi) is 5.97. The molecule has 2 aromatic rings. The summed E-state index contributed by atoms with van der Waals surface area (Å²) in [6, 6.07) is 12.4. The van der Waals surface area contributed by atoms with Crippen molar-refractivity contribution in [3.8, 4) is 11.5 Å². The fourth-order valence-electron chi connectivity index (χ4n) is 2.04. The summed E-state index contributed by atoms with van der Waals surface area (Å²) in [5.74, 6) is 1.31. The zero-order chi connectivity index (χ0) is 17.0. The first kappa shape index (κ1) is 18.1. The van der Waals surface area contributed by atoms with Crippen LogP contribution >= 0.6 is 22.4 Å². The van der Waals surface area contributed by atoms with Gasteiger partial charge in [-0.3, -0.25) is 0 Å². The minimum Gasteiger partial charge on any atom is -0.457 e. The van der Waals surface area contributed by atoms with Crippen LogP contribution in [0, 0.1) is 0 Å². The van der Waals surface area contributed by atoms with Crippen LogP contribution in [0.4, 0.5) is 0 Å². The van der Waals surface area contributed by atoms with Gasteiger partial charge in [0.05, 0.1) is 4.90 Å². The number of ether oxygens (including phenoxy) is 1. The SMILES string of the molecule is CSc1ccc(Oc2ccc(S(=O)(=O)Cl)cc2CN(C)C)cc1. The van der Waals surface area contributed by atoms with E-state index in [2.05, 4.69) is 0 Å². The molecule has 124 valence electrons. The van der Waals surface area contributed by atoms with Crippen LogP contribution < -0.4 is 4.74 Å². The van der Waals surface area contributed by atoms with Crippen molar-refractivity contribution < 1.29 is 13.2 Å². The topological polar surface area (TPSA) is 46.6 Å². The predicted molar refractivity (Wildman–Crippen MR) is 95.2 cm³/mol. The van der Waals surface area contributed by atoms with E-state index < -0.39 is 9.05 Å². The van der Waals surface area contributed by atoms with Gasteiger partial charge in [0.25, 0.3) is 9.05 Å². The summed E-state index contributed by atoms with van der Waals surface area (Å²) in [4.78, 5) is 3.15. The highest BCUT2D eigenvalue weighted by atomic mass is 35.7. The van der Waals surface area contributed by atoms with Gasteiger partial charge >= 0.3 is 0 Å². The molecule has 0 radical (unpaired) electrons. The lowest BCUT2D eigenvalue weighted by atomic mass is 10.2. The zero-order valence-electron chi connectivity index (χ0n) is 13.1. The van der Waals surface area contributed by atoms with E-state index in [0.29, 0.717) is 18.0 Å². The molecule has 0 unspecified atom stereocenters. The first-order chi connectivity index (χ1) is 10.8. The van der Waals surface area contributed by atoms with E-state index in [1.807, 2.05) is 49.5 Å². The van der Waals surface area contributed by atoms with E-state index in [-0.39, 0.29) is 4.90 Å². The van der Waals surface area contributed by atoms with Crippen LogP contribution in [0.2, 0.25) is 0 Å². The quantitative estimate of drug-likeness (QED) is 0.562. The van der Waals surface area contributed by atoms with E-state index in [1.54, 1.807) is 23.9 Å². The first-order valence-electron chi connectivity index (χ1n) is 6.84. The summed E-state index contributed by atoms with van der Waals surface area (Å²) in [5.41, 5.74) is 0.755. The smallest absolute Gasteiger partial charge is 0.261 e. The van der Waals surface area contributed by atoms with Crippen LogP contribution in [-0.2, 0) is 15.6 Å². The summed E-state index contributed by atoms with van der Waals surface area (Å²) in [5, 5.41) is 0. The molecular weight excluding hydrogens is 354 g/mol. The maximum absolute atomic E-state index is 11.5. The van der Waals surface area contributed by atoms with Crippen molar-refractivity contribution in [2.24, 2.45) is 0 Å². The van der Waals surface area contributed by atoms with Gasteiger partial charge in [0.15, 0.2) is 0 Å². The zero-order valence-corrected chi connectivity index (χ0v) is 15.5. The Morgan fingerprint density at radius 3 is 2.30 bits per heavy atom. The van der Waals surface area contributed by atoms with Crippen LogP contribution in [0.25, 0.3) is 0 Å². The van der Waals surface area contributed by atoms with Crippen molar-refractivity contribution in [1.82, 2.24) is 4.90 Å². The average Bonchev–Trinajstić information content (AvgIpc) is 2.48. The van der Waals surface area contributed by atoms with Gasteiger partial charge in [-0.05, 0) is 62.8 Å². The fraction of sp³-hybridized carbons (Fsp3) is 0.250. The van der Waals surface area contributed by atoms with Crippen LogP contribution in [0.3, 0.4) is 0 Å². The van der Waals surface area contributed by atoms with Gasteiger partial charge in [0, 0.05) is 27.7 Å². The molecular formula is C16H18ClNO3S2. The second-order valence-corrected chi connectivity index (χ2v) is 8.67. The van der Waals surface area contributed by atoms with E-state index in [9.17, 15) is 8.42 Å². The molecule has 0 bridgehead atoms. The van der Waals surface area contributed by atoms with Gasteiger partial charge in [-0.2, -0.15) is 0 Å². The van der Waals surface area contributed by atoms with Crippen molar-refractivity contribution in [3.05, 3.63) is 48.0 Å². The predicted octanol–water partition coefficient (Wildman–Crippen LogP) is 4.19. The Bertz CT molecular complexity index is 774. The van der Waals surface area contributed by atoms with Crippen LogP contribution in [0.15, 0.2) is 52.3 Å². The number of thioether (sulfide) groups is 1. The second kappa shape index (κ2) is 7.57. The molecule has 0 aliphatic rings. The minimum atomic E-state index is -3.76. The van der Waals surface area contributed by atoms with Gasteiger partial charge in [0.1, 0.15) is 11.5 Å². The summed E-state index contributed by atoms with van der Waals surface area (Å²) >= 11 is 1.66. The normalized spacial score (nSPS) is 11.7. The monoisotopic (exact) mass is 371 g/mol. The molecule has 0 aliphatic heterocycles. The Hall–Kier alpha value is -1.21. The molecule has 0 spiro atoms. The molecule has 2 aromatic carbocycles. The molecule has 0 saturated carbocycles. The molecule has 0 aliphatic carbocycles. The lowest BCUT2D eigenvalue weighted by Crippen LogP contribution is -2.12. The molecule has 0 aromatic heterocycles. The Morgan fingerprint density at radius 1 is 1.13 bits per heavy atom. The molecule has 23 heavy (non-hydrogen) atoms. The van der Waals surface area contributed by atoms with E-state index in [1.165, 1.54) is 6.07 Å². The van der Waals surface area contributed by atoms with E-state index in [0.717, 1.165) is 10.5 Å². The summed E-state index contributed by atoms with van der Waals surface area (Å²) < 4.78 is 28.9. The third-order valence-electron chi connectivity index (χ3n) is 3.09. The van der Waals surface area contributed by atoms with E-state index in [4.69, 9.17) is 15.4 Å². The number of benzene rings is 2. The van der Waals surface area contributed by atoms with Gasteiger partial charge in [-0.25, -0.2) is 8.42 Å². The highest BCUT2D eigenvalue weighted by molar-refractivity contribution is 8.13. The third kappa shape index (κ3) is 5.14. The standard InChI is InChI=1S/C16H18ClNO3S2/c1-18(2)11-12-10-15(23(17,19)20)8-9-16(12)21-13-4-6-14(22-3)7-5-13/h4-10H,11H2,1-3H3. The largest absolute Gasteiger partial charge is 0.457 e. The van der Waals surface area contributed by atoms with Crippen LogP contribution in [0.1, 0.15) is 5.56 Å². The number of hydrogen-bond acceptors (Lipinski definition) is 5. The molecule has 7 heteroatoms. The minimum absolute atomic E-state index is 0.0705. The Morgan fingerprint density at radius 2 is 1.78 bits per heavy atom. The van der Waals surface area contributed by atoms with Crippen LogP contribution in [0.5, 0.6) is 11.5 Å². The Labute approximate surface area is 145 Å². The van der Waals surface area contributed by atoms with Gasteiger partial charge < -0.3 is 9.64 Å². The number of hydrogen-bond donors (Lipinski definition) is 0. The molecule has 0 fully saturated rings. The van der Waals surface area contributed by atoms with E-state index >= 15 is 0 Å². The highest BCUT2D eigenvalue weighted by Crippen LogP contribution is 2.30.